The summed E-state index contributed by atoms with van der Waals surface area (Å²) in [4.78, 5) is 14.0. The second-order valence-electron chi connectivity index (χ2n) is 2.99. The van der Waals surface area contributed by atoms with Crippen LogP contribution in [0.4, 0.5) is 5.69 Å². The van der Waals surface area contributed by atoms with Gasteiger partial charge in [-0.1, -0.05) is 0 Å². The molecular formula is C9H8N4O2. The van der Waals surface area contributed by atoms with Crippen molar-refractivity contribution in [1.29, 1.82) is 0 Å². The molecule has 0 N–H and O–H groups in total. The number of nitro groups is 1. The monoisotopic (exact) mass is 204 g/mol. The Morgan fingerprint density at radius 3 is 2.47 bits per heavy atom. The summed E-state index contributed by atoms with van der Waals surface area (Å²) in [5.74, 6) is 0.740. The van der Waals surface area contributed by atoms with Crippen LogP contribution in [0, 0.1) is 17.0 Å². The lowest BCUT2D eigenvalue weighted by atomic mass is 10.3. The van der Waals surface area contributed by atoms with E-state index in [0.29, 0.717) is 0 Å². The normalized spacial score (nSPS) is 10.2. The fourth-order valence-corrected chi connectivity index (χ4v) is 1.27. The molecule has 2 rings (SSSR count). The van der Waals surface area contributed by atoms with Crippen molar-refractivity contribution in [2.75, 3.05) is 0 Å². The molecule has 0 saturated carbocycles. The highest BCUT2D eigenvalue weighted by Crippen LogP contribution is 2.14. The molecular weight excluding hydrogens is 196 g/mol. The summed E-state index contributed by atoms with van der Waals surface area (Å²) in [6.45, 7) is 1.81. The molecule has 0 aliphatic heterocycles. The average Bonchev–Trinajstić information content (AvgIpc) is 2.65. The van der Waals surface area contributed by atoms with E-state index < -0.39 is 4.92 Å². The summed E-state index contributed by atoms with van der Waals surface area (Å²) in [7, 11) is 0. The van der Waals surface area contributed by atoms with E-state index in [0.717, 1.165) is 11.5 Å². The number of hydrogen-bond donors (Lipinski definition) is 0. The Kier molecular flexibility index (Phi) is 2.17. The van der Waals surface area contributed by atoms with Crippen molar-refractivity contribution in [1.82, 2.24) is 14.8 Å². The van der Waals surface area contributed by atoms with Crippen LogP contribution in [0.2, 0.25) is 0 Å². The summed E-state index contributed by atoms with van der Waals surface area (Å²) in [5.41, 5.74) is 0.826. The van der Waals surface area contributed by atoms with Crippen LogP contribution in [-0.2, 0) is 0 Å². The van der Waals surface area contributed by atoms with Crippen LogP contribution in [0.25, 0.3) is 5.69 Å². The topological polar surface area (TPSA) is 73.8 Å². The Morgan fingerprint density at radius 2 is 2.00 bits per heavy atom. The van der Waals surface area contributed by atoms with Gasteiger partial charge in [-0.05, 0) is 19.1 Å². The summed E-state index contributed by atoms with van der Waals surface area (Å²) in [6, 6.07) is 6.16. The second kappa shape index (κ2) is 3.49. The number of aromatic nitrogens is 3. The molecule has 1 aromatic carbocycles. The number of nitro benzene ring substituents is 1. The molecule has 0 saturated heterocycles. The van der Waals surface area contributed by atoms with Crippen LogP contribution in [0.15, 0.2) is 30.6 Å². The molecule has 1 heterocycles. The van der Waals surface area contributed by atoms with Crippen molar-refractivity contribution >= 4 is 5.69 Å². The molecule has 6 nitrogen and oxygen atoms in total. The maximum Gasteiger partial charge on any atom is 0.269 e. The van der Waals surface area contributed by atoms with Crippen LogP contribution in [0.3, 0.4) is 0 Å². The zero-order chi connectivity index (χ0) is 10.8. The largest absolute Gasteiger partial charge is 0.269 e. The first-order valence-electron chi connectivity index (χ1n) is 4.30. The molecule has 6 heteroatoms. The van der Waals surface area contributed by atoms with Crippen LogP contribution in [0.1, 0.15) is 5.82 Å². The fraction of sp³-hybridized carbons (Fsp3) is 0.111. The van der Waals surface area contributed by atoms with E-state index >= 15 is 0 Å². The van der Waals surface area contributed by atoms with Crippen LogP contribution < -0.4 is 0 Å². The van der Waals surface area contributed by atoms with E-state index in [4.69, 9.17) is 0 Å². The van der Waals surface area contributed by atoms with Crippen molar-refractivity contribution in [2.24, 2.45) is 0 Å². The van der Waals surface area contributed by atoms with Crippen molar-refractivity contribution in [2.45, 2.75) is 6.92 Å². The van der Waals surface area contributed by atoms with Crippen LogP contribution >= 0.6 is 0 Å². The maximum atomic E-state index is 10.4. The highest BCUT2D eigenvalue weighted by atomic mass is 16.6. The number of hydrogen-bond acceptors (Lipinski definition) is 4. The van der Waals surface area contributed by atoms with Gasteiger partial charge >= 0.3 is 0 Å². The van der Waals surface area contributed by atoms with E-state index in [-0.39, 0.29) is 5.69 Å². The zero-order valence-electron chi connectivity index (χ0n) is 7.99. The Labute approximate surface area is 85.3 Å². The number of nitrogens with zero attached hydrogens (tertiary/aromatic N) is 4. The zero-order valence-corrected chi connectivity index (χ0v) is 7.99. The van der Waals surface area contributed by atoms with Gasteiger partial charge in [-0.3, -0.25) is 10.1 Å². The Balaban J connectivity index is 2.40. The molecule has 76 valence electrons. The van der Waals surface area contributed by atoms with Gasteiger partial charge in [0, 0.05) is 12.1 Å². The molecule has 0 radical (unpaired) electrons. The van der Waals surface area contributed by atoms with Crippen molar-refractivity contribution in [3.8, 4) is 5.69 Å². The molecule has 0 aliphatic carbocycles. The average molecular weight is 204 g/mol. The van der Waals surface area contributed by atoms with Gasteiger partial charge in [-0.15, -0.1) is 0 Å². The predicted molar refractivity (Wildman–Crippen MR) is 52.8 cm³/mol. The van der Waals surface area contributed by atoms with Crippen molar-refractivity contribution in [3.63, 3.8) is 0 Å². The van der Waals surface area contributed by atoms with Gasteiger partial charge in [-0.2, -0.15) is 5.10 Å². The molecule has 0 bridgehead atoms. The van der Waals surface area contributed by atoms with Gasteiger partial charge in [0.1, 0.15) is 12.2 Å². The Hall–Kier alpha value is -2.24. The molecule has 0 aliphatic rings. The van der Waals surface area contributed by atoms with Gasteiger partial charge in [0.2, 0.25) is 0 Å². The van der Waals surface area contributed by atoms with Crippen LogP contribution in [-0.4, -0.2) is 19.7 Å². The number of aryl methyl sites for hydroxylation is 1. The van der Waals surface area contributed by atoms with Gasteiger partial charge in [0.15, 0.2) is 0 Å². The van der Waals surface area contributed by atoms with E-state index in [1.54, 1.807) is 16.8 Å². The molecule has 0 fully saturated rings. The minimum Gasteiger partial charge on any atom is -0.258 e. The summed E-state index contributed by atoms with van der Waals surface area (Å²) < 4.78 is 1.61. The van der Waals surface area contributed by atoms with Crippen LogP contribution in [0.5, 0.6) is 0 Å². The van der Waals surface area contributed by atoms with Crippen molar-refractivity contribution < 1.29 is 4.92 Å². The maximum absolute atomic E-state index is 10.4. The molecule has 1 aromatic heterocycles. The second-order valence-corrected chi connectivity index (χ2v) is 2.99. The highest BCUT2D eigenvalue weighted by molar-refractivity contribution is 5.40. The lowest BCUT2D eigenvalue weighted by molar-refractivity contribution is -0.384. The quantitative estimate of drug-likeness (QED) is 0.548. The van der Waals surface area contributed by atoms with Crippen molar-refractivity contribution in [3.05, 3.63) is 46.5 Å². The first-order chi connectivity index (χ1) is 7.18. The summed E-state index contributed by atoms with van der Waals surface area (Å²) in [5, 5.41) is 14.4. The Bertz CT molecular complexity index is 489. The SMILES string of the molecule is Cc1ncnn1-c1ccc([N+](=O)[O-])cc1. The van der Waals surface area contributed by atoms with Gasteiger partial charge in [-0.25, -0.2) is 9.67 Å². The fourth-order valence-electron chi connectivity index (χ4n) is 1.27. The molecule has 15 heavy (non-hydrogen) atoms. The molecule has 2 aromatic rings. The highest BCUT2D eigenvalue weighted by Gasteiger charge is 2.06. The van der Waals surface area contributed by atoms with E-state index in [1.165, 1.54) is 18.5 Å². The number of non-ortho nitro benzene ring substituents is 1. The lowest BCUT2D eigenvalue weighted by Crippen LogP contribution is -1.99. The third kappa shape index (κ3) is 1.69. The third-order valence-corrected chi connectivity index (χ3v) is 2.02. The Morgan fingerprint density at radius 1 is 1.33 bits per heavy atom. The molecule has 0 unspecified atom stereocenters. The first kappa shape index (κ1) is 9.32. The van der Waals surface area contributed by atoms with E-state index in [2.05, 4.69) is 10.1 Å². The van der Waals surface area contributed by atoms with E-state index in [9.17, 15) is 10.1 Å². The predicted octanol–water partition coefficient (Wildman–Crippen LogP) is 1.48. The number of rotatable bonds is 2. The minimum atomic E-state index is -0.433. The third-order valence-electron chi connectivity index (χ3n) is 2.02. The molecule has 0 atom stereocenters. The van der Waals surface area contributed by atoms with Gasteiger partial charge < -0.3 is 0 Å². The van der Waals surface area contributed by atoms with E-state index in [1.807, 2.05) is 6.92 Å². The smallest absolute Gasteiger partial charge is 0.258 e. The minimum absolute atomic E-state index is 0.0662. The van der Waals surface area contributed by atoms with Gasteiger partial charge in [0.25, 0.3) is 5.69 Å². The lowest BCUT2D eigenvalue weighted by Gasteiger charge is -2.01. The molecule has 0 amide bonds. The summed E-state index contributed by atoms with van der Waals surface area (Å²) in [6.07, 6.45) is 1.44. The molecule has 0 spiro atoms. The summed E-state index contributed by atoms with van der Waals surface area (Å²) >= 11 is 0. The van der Waals surface area contributed by atoms with Gasteiger partial charge in [0.05, 0.1) is 10.6 Å². The first-order valence-corrected chi connectivity index (χ1v) is 4.30. The number of benzene rings is 1. The standard InChI is InChI=1S/C9H8N4O2/c1-7-10-6-11-12(7)8-2-4-9(5-3-8)13(14)15/h2-6H,1H3.